The van der Waals surface area contributed by atoms with Crippen molar-refractivity contribution in [3.05, 3.63) is 53.1 Å². The number of halogens is 1. The molecule has 0 fully saturated rings. The Hall–Kier alpha value is -2.14. The fourth-order valence-electron chi connectivity index (χ4n) is 2.01. The first-order valence-electron chi connectivity index (χ1n) is 6.50. The summed E-state index contributed by atoms with van der Waals surface area (Å²) in [6.07, 6.45) is 1.69. The molecule has 0 unspecified atom stereocenters. The van der Waals surface area contributed by atoms with Crippen molar-refractivity contribution < 1.29 is 4.74 Å². The predicted molar refractivity (Wildman–Crippen MR) is 88.1 cm³/mol. The van der Waals surface area contributed by atoms with Crippen LogP contribution in [0.25, 0.3) is 10.8 Å². The van der Waals surface area contributed by atoms with E-state index in [0.717, 1.165) is 21.0 Å². The lowest BCUT2D eigenvalue weighted by atomic mass is 10.1. The van der Waals surface area contributed by atoms with E-state index < -0.39 is 0 Å². The molecule has 0 aliphatic carbocycles. The molecular weight excluding hydrogens is 330 g/mol. The maximum atomic E-state index is 5.88. The first kappa shape index (κ1) is 13.8. The highest BCUT2D eigenvalue weighted by atomic mass is 79.9. The third-order valence-corrected chi connectivity index (χ3v) is 3.88. The van der Waals surface area contributed by atoms with Crippen LogP contribution in [0, 0.1) is 0 Å². The normalized spacial score (nSPS) is 10.6. The minimum atomic E-state index is 0.518. The molecule has 5 heteroatoms. The van der Waals surface area contributed by atoms with Crippen molar-refractivity contribution in [3.8, 4) is 11.6 Å². The van der Waals surface area contributed by atoms with E-state index in [-0.39, 0.29) is 0 Å². The summed E-state index contributed by atoms with van der Waals surface area (Å²) in [6, 6.07) is 13.9. The number of hydrogen-bond acceptors (Lipinski definition) is 4. The van der Waals surface area contributed by atoms with Crippen molar-refractivity contribution in [2.45, 2.75) is 0 Å². The highest BCUT2D eigenvalue weighted by Crippen LogP contribution is 2.35. The van der Waals surface area contributed by atoms with Gasteiger partial charge in [-0.05, 0) is 32.8 Å². The third-order valence-electron chi connectivity index (χ3n) is 3.06. The maximum absolute atomic E-state index is 5.88. The Morgan fingerprint density at radius 2 is 1.86 bits per heavy atom. The van der Waals surface area contributed by atoms with Crippen LogP contribution in [0.4, 0.5) is 5.95 Å². The molecule has 0 spiro atoms. The Morgan fingerprint density at radius 1 is 1.05 bits per heavy atom. The van der Waals surface area contributed by atoms with Gasteiger partial charge in [0.25, 0.3) is 0 Å². The molecule has 0 radical (unpaired) electrons. The summed E-state index contributed by atoms with van der Waals surface area (Å²) in [4.78, 5) is 10.4. The molecule has 0 amide bonds. The third kappa shape index (κ3) is 2.83. The van der Waals surface area contributed by atoms with Gasteiger partial charge >= 0.3 is 0 Å². The Balaban J connectivity index is 1.98. The largest absolute Gasteiger partial charge is 0.438 e. The molecule has 1 aromatic heterocycles. The molecule has 0 N–H and O–H groups in total. The fourth-order valence-corrected chi connectivity index (χ4v) is 2.58. The zero-order chi connectivity index (χ0) is 14.8. The van der Waals surface area contributed by atoms with E-state index in [1.54, 1.807) is 12.3 Å². The first-order valence-corrected chi connectivity index (χ1v) is 7.30. The summed E-state index contributed by atoms with van der Waals surface area (Å²) < 4.78 is 6.81. The second-order valence-electron chi connectivity index (χ2n) is 4.79. The first-order chi connectivity index (χ1) is 10.1. The minimum Gasteiger partial charge on any atom is -0.438 e. The number of rotatable bonds is 3. The summed E-state index contributed by atoms with van der Waals surface area (Å²) in [5.74, 6) is 1.87. The maximum Gasteiger partial charge on any atom is 0.228 e. The van der Waals surface area contributed by atoms with Crippen LogP contribution in [0.2, 0.25) is 0 Å². The molecule has 3 aromatic rings. The van der Waals surface area contributed by atoms with Crippen molar-refractivity contribution in [3.63, 3.8) is 0 Å². The monoisotopic (exact) mass is 343 g/mol. The van der Waals surface area contributed by atoms with Crippen molar-refractivity contribution in [2.75, 3.05) is 19.0 Å². The summed E-state index contributed by atoms with van der Waals surface area (Å²) in [7, 11) is 3.79. The second-order valence-corrected chi connectivity index (χ2v) is 5.58. The molecule has 4 nitrogen and oxygen atoms in total. The number of aromatic nitrogens is 2. The van der Waals surface area contributed by atoms with Gasteiger partial charge in [0.2, 0.25) is 11.8 Å². The number of anilines is 1. The van der Waals surface area contributed by atoms with Crippen LogP contribution in [0.1, 0.15) is 0 Å². The quantitative estimate of drug-likeness (QED) is 0.712. The van der Waals surface area contributed by atoms with E-state index in [1.165, 1.54) is 0 Å². The number of hydrogen-bond donors (Lipinski definition) is 0. The van der Waals surface area contributed by atoms with Gasteiger partial charge in [-0.3, -0.25) is 0 Å². The Labute approximate surface area is 131 Å². The summed E-state index contributed by atoms with van der Waals surface area (Å²) in [6.45, 7) is 0. The van der Waals surface area contributed by atoms with Crippen LogP contribution >= 0.6 is 15.9 Å². The smallest absolute Gasteiger partial charge is 0.228 e. The molecule has 1 heterocycles. The van der Waals surface area contributed by atoms with Gasteiger partial charge in [0, 0.05) is 26.4 Å². The Morgan fingerprint density at radius 3 is 2.67 bits per heavy atom. The minimum absolute atomic E-state index is 0.518. The van der Waals surface area contributed by atoms with Crippen molar-refractivity contribution >= 4 is 32.7 Å². The molecule has 3 rings (SSSR count). The molecule has 0 saturated heterocycles. The van der Waals surface area contributed by atoms with E-state index in [2.05, 4.69) is 38.0 Å². The van der Waals surface area contributed by atoms with Crippen molar-refractivity contribution in [2.24, 2.45) is 0 Å². The van der Waals surface area contributed by atoms with E-state index in [4.69, 9.17) is 4.74 Å². The lowest BCUT2D eigenvalue weighted by Gasteiger charge is -2.12. The zero-order valence-corrected chi connectivity index (χ0v) is 13.3. The molecule has 0 aliphatic heterocycles. The molecule has 0 aliphatic rings. The molecule has 0 saturated carbocycles. The van der Waals surface area contributed by atoms with E-state index in [9.17, 15) is 0 Å². The number of fused-ring (bicyclic) bond motifs is 1. The zero-order valence-electron chi connectivity index (χ0n) is 11.7. The van der Waals surface area contributed by atoms with E-state index >= 15 is 0 Å². The molecule has 21 heavy (non-hydrogen) atoms. The van der Waals surface area contributed by atoms with Gasteiger partial charge in [-0.2, -0.15) is 4.98 Å². The van der Waals surface area contributed by atoms with Gasteiger partial charge in [-0.15, -0.1) is 0 Å². The van der Waals surface area contributed by atoms with E-state index in [0.29, 0.717) is 11.8 Å². The van der Waals surface area contributed by atoms with Crippen LogP contribution in [-0.4, -0.2) is 24.1 Å². The summed E-state index contributed by atoms with van der Waals surface area (Å²) >= 11 is 3.61. The number of benzene rings is 2. The van der Waals surface area contributed by atoms with Crippen LogP contribution < -0.4 is 9.64 Å². The highest BCUT2D eigenvalue weighted by molar-refractivity contribution is 9.10. The number of ether oxygens (including phenoxy) is 1. The fraction of sp³-hybridized carbons (Fsp3) is 0.125. The Kier molecular flexibility index (Phi) is 3.75. The molecule has 2 aromatic carbocycles. The van der Waals surface area contributed by atoms with Gasteiger partial charge in [0.05, 0.1) is 4.47 Å². The van der Waals surface area contributed by atoms with Gasteiger partial charge in [-0.1, -0.05) is 30.3 Å². The predicted octanol–water partition coefficient (Wildman–Crippen LogP) is 4.25. The van der Waals surface area contributed by atoms with Gasteiger partial charge in [0.1, 0.15) is 5.75 Å². The second kappa shape index (κ2) is 5.69. The Bertz CT molecular complexity index is 789. The van der Waals surface area contributed by atoms with Crippen LogP contribution in [0.3, 0.4) is 0 Å². The van der Waals surface area contributed by atoms with Gasteiger partial charge in [0.15, 0.2) is 0 Å². The van der Waals surface area contributed by atoms with E-state index in [1.807, 2.05) is 43.3 Å². The van der Waals surface area contributed by atoms with Crippen LogP contribution in [-0.2, 0) is 0 Å². The highest BCUT2D eigenvalue weighted by Gasteiger charge is 2.09. The summed E-state index contributed by atoms with van der Waals surface area (Å²) in [5, 5.41) is 2.27. The van der Waals surface area contributed by atoms with Crippen molar-refractivity contribution in [1.29, 1.82) is 0 Å². The lowest BCUT2D eigenvalue weighted by molar-refractivity contribution is 0.459. The molecule has 0 atom stereocenters. The lowest BCUT2D eigenvalue weighted by Crippen LogP contribution is -2.12. The van der Waals surface area contributed by atoms with Crippen molar-refractivity contribution in [1.82, 2.24) is 9.97 Å². The average Bonchev–Trinajstić information content (AvgIpc) is 2.51. The van der Waals surface area contributed by atoms with Crippen LogP contribution in [0.15, 0.2) is 53.1 Å². The SMILES string of the molecule is CN(C)c1nccc(Oc2ccc3ccccc3c2Br)n1. The standard InChI is InChI=1S/C16H14BrN3O/c1-20(2)16-18-10-9-14(19-16)21-13-8-7-11-5-3-4-6-12(11)15(13)17/h3-10H,1-2H3. The summed E-state index contributed by atoms with van der Waals surface area (Å²) in [5.41, 5.74) is 0. The topological polar surface area (TPSA) is 38.2 Å². The van der Waals surface area contributed by atoms with Gasteiger partial charge < -0.3 is 9.64 Å². The van der Waals surface area contributed by atoms with Crippen LogP contribution in [0.5, 0.6) is 11.6 Å². The molecule has 0 bridgehead atoms. The average molecular weight is 344 g/mol. The van der Waals surface area contributed by atoms with Gasteiger partial charge in [-0.25, -0.2) is 4.98 Å². The molecular formula is C16H14BrN3O. The molecule has 106 valence electrons. The number of nitrogens with zero attached hydrogens (tertiary/aromatic N) is 3.